The fraction of sp³-hybridized carbons (Fsp3) is 0.150. The Kier molecular flexibility index (Phi) is 6.40. The highest BCUT2D eigenvalue weighted by molar-refractivity contribution is 7.93. The molecule has 0 fully saturated rings. The lowest BCUT2D eigenvalue weighted by atomic mass is 10.2. The van der Waals surface area contributed by atoms with Gasteiger partial charge in [0, 0.05) is 18.3 Å². The lowest BCUT2D eigenvalue weighted by Crippen LogP contribution is -2.16. The zero-order valence-corrected chi connectivity index (χ0v) is 17.5. The van der Waals surface area contributed by atoms with E-state index in [0.717, 1.165) is 22.6 Å². The van der Waals surface area contributed by atoms with Crippen LogP contribution in [0.3, 0.4) is 0 Å². The predicted molar refractivity (Wildman–Crippen MR) is 113 cm³/mol. The first-order valence-corrected chi connectivity index (χ1v) is 11.0. The van der Waals surface area contributed by atoms with Gasteiger partial charge in [-0.25, -0.2) is 13.2 Å². The summed E-state index contributed by atoms with van der Waals surface area (Å²) in [6, 6.07) is 16.3. The van der Waals surface area contributed by atoms with Gasteiger partial charge in [0.05, 0.1) is 19.9 Å². The SMILES string of the molecule is COC(=O)c1sccc1S(=O)(=O)Nc1ccc(NCc2ccccc2)cc1OC. The molecule has 0 spiro atoms. The number of esters is 1. The summed E-state index contributed by atoms with van der Waals surface area (Å²) in [4.78, 5) is 11.7. The molecule has 1 heterocycles. The molecule has 0 radical (unpaired) electrons. The van der Waals surface area contributed by atoms with E-state index in [9.17, 15) is 13.2 Å². The maximum atomic E-state index is 12.8. The molecular formula is C20H20N2O5S2. The molecule has 0 bridgehead atoms. The molecule has 1 aromatic heterocycles. The van der Waals surface area contributed by atoms with E-state index < -0.39 is 16.0 Å². The summed E-state index contributed by atoms with van der Waals surface area (Å²) in [5, 5.41) is 4.79. The van der Waals surface area contributed by atoms with Gasteiger partial charge >= 0.3 is 5.97 Å². The van der Waals surface area contributed by atoms with Crippen molar-refractivity contribution in [2.24, 2.45) is 0 Å². The summed E-state index contributed by atoms with van der Waals surface area (Å²) in [6.45, 7) is 0.618. The molecule has 7 nitrogen and oxygen atoms in total. The maximum absolute atomic E-state index is 12.8. The van der Waals surface area contributed by atoms with Crippen LogP contribution in [0, 0.1) is 0 Å². The fourth-order valence-corrected chi connectivity index (χ4v) is 5.04. The molecule has 2 aromatic carbocycles. The van der Waals surface area contributed by atoms with E-state index in [0.29, 0.717) is 12.3 Å². The summed E-state index contributed by atoms with van der Waals surface area (Å²) >= 11 is 1.00. The Bertz CT molecular complexity index is 1100. The molecule has 9 heteroatoms. The van der Waals surface area contributed by atoms with Crippen LogP contribution in [-0.4, -0.2) is 28.6 Å². The Morgan fingerprint density at radius 1 is 1.07 bits per heavy atom. The monoisotopic (exact) mass is 432 g/mol. The number of carbonyl (C=O) groups excluding carboxylic acids is 1. The summed E-state index contributed by atoms with van der Waals surface area (Å²) in [6.07, 6.45) is 0. The Morgan fingerprint density at radius 2 is 1.83 bits per heavy atom. The second kappa shape index (κ2) is 8.97. The van der Waals surface area contributed by atoms with Crippen molar-refractivity contribution in [1.29, 1.82) is 0 Å². The van der Waals surface area contributed by atoms with E-state index in [1.54, 1.807) is 18.2 Å². The smallest absolute Gasteiger partial charge is 0.349 e. The number of hydrogen-bond donors (Lipinski definition) is 2. The quantitative estimate of drug-likeness (QED) is 0.524. The van der Waals surface area contributed by atoms with Crippen LogP contribution in [-0.2, 0) is 21.3 Å². The second-order valence-electron chi connectivity index (χ2n) is 5.97. The summed E-state index contributed by atoms with van der Waals surface area (Å²) < 4.78 is 38.0. The fourth-order valence-electron chi connectivity index (χ4n) is 2.64. The number of anilines is 2. The molecule has 3 aromatic rings. The average Bonchev–Trinajstić information content (AvgIpc) is 3.24. The number of ether oxygens (including phenoxy) is 2. The molecule has 0 saturated heterocycles. The molecule has 152 valence electrons. The van der Waals surface area contributed by atoms with Gasteiger partial charge in [0.1, 0.15) is 15.5 Å². The van der Waals surface area contributed by atoms with Gasteiger partial charge in [0.2, 0.25) is 0 Å². The van der Waals surface area contributed by atoms with Crippen molar-refractivity contribution in [1.82, 2.24) is 0 Å². The van der Waals surface area contributed by atoms with E-state index in [2.05, 4.69) is 14.8 Å². The highest BCUT2D eigenvalue weighted by atomic mass is 32.2. The standard InChI is InChI=1S/C20H20N2O5S2/c1-26-17-12-15(21-13-14-6-4-3-5-7-14)8-9-16(17)22-29(24,25)18-10-11-28-19(18)20(23)27-2/h3-12,21-22H,13H2,1-2H3. The number of carbonyl (C=O) groups is 1. The zero-order chi connectivity index (χ0) is 20.9. The molecule has 0 aliphatic heterocycles. The molecular weight excluding hydrogens is 412 g/mol. The van der Waals surface area contributed by atoms with Crippen molar-refractivity contribution in [3.05, 3.63) is 70.4 Å². The Hall–Kier alpha value is -3.04. The third-order valence-corrected chi connectivity index (χ3v) is 6.51. The number of methoxy groups -OCH3 is 2. The van der Waals surface area contributed by atoms with E-state index in [-0.39, 0.29) is 15.5 Å². The van der Waals surface area contributed by atoms with Crippen LogP contribution in [0.15, 0.2) is 64.9 Å². The van der Waals surface area contributed by atoms with Gasteiger partial charge in [-0.15, -0.1) is 11.3 Å². The van der Waals surface area contributed by atoms with Crippen LogP contribution >= 0.6 is 11.3 Å². The van der Waals surface area contributed by atoms with Crippen LogP contribution in [0.5, 0.6) is 5.75 Å². The minimum absolute atomic E-state index is 0.0140. The molecule has 0 aliphatic carbocycles. The number of rotatable bonds is 8. The molecule has 0 unspecified atom stereocenters. The normalized spacial score (nSPS) is 11.0. The minimum Gasteiger partial charge on any atom is -0.494 e. The van der Waals surface area contributed by atoms with Gasteiger partial charge in [-0.3, -0.25) is 4.72 Å². The van der Waals surface area contributed by atoms with Crippen LogP contribution in [0.25, 0.3) is 0 Å². The zero-order valence-electron chi connectivity index (χ0n) is 15.8. The number of benzene rings is 2. The topological polar surface area (TPSA) is 93.7 Å². The van der Waals surface area contributed by atoms with Crippen molar-refractivity contribution in [3.63, 3.8) is 0 Å². The van der Waals surface area contributed by atoms with Crippen molar-refractivity contribution in [3.8, 4) is 5.75 Å². The van der Waals surface area contributed by atoms with Gasteiger partial charge < -0.3 is 14.8 Å². The van der Waals surface area contributed by atoms with Crippen LogP contribution in [0.1, 0.15) is 15.2 Å². The molecule has 0 amide bonds. The van der Waals surface area contributed by atoms with Crippen LogP contribution in [0.2, 0.25) is 0 Å². The second-order valence-corrected chi connectivity index (χ2v) is 8.53. The average molecular weight is 433 g/mol. The van der Waals surface area contributed by atoms with E-state index in [1.165, 1.54) is 25.7 Å². The molecule has 0 atom stereocenters. The van der Waals surface area contributed by atoms with Crippen molar-refractivity contribution >= 4 is 38.7 Å². The highest BCUT2D eigenvalue weighted by Gasteiger charge is 2.25. The number of sulfonamides is 1. The Morgan fingerprint density at radius 3 is 2.52 bits per heavy atom. The van der Waals surface area contributed by atoms with E-state index in [4.69, 9.17) is 4.74 Å². The van der Waals surface area contributed by atoms with Crippen LogP contribution < -0.4 is 14.8 Å². The van der Waals surface area contributed by atoms with Crippen molar-refractivity contribution in [2.45, 2.75) is 11.4 Å². The number of thiophene rings is 1. The lowest BCUT2D eigenvalue weighted by Gasteiger charge is -2.14. The van der Waals surface area contributed by atoms with E-state index in [1.807, 2.05) is 30.3 Å². The summed E-state index contributed by atoms with van der Waals surface area (Å²) in [5.74, 6) is -0.353. The number of hydrogen-bond acceptors (Lipinski definition) is 7. The molecule has 0 aliphatic rings. The third-order valence-electron chi connectivity index (χ3n) is 4.07. The van der Waals surface area contributed by atoms with Gasteiger partial charge in [-0.05, 0) is 29.1 Å². The molecule has 2 N–H and O–H groups in total. The van der Waals surface area contributed by atoms with Crippen molar-refractivity contribution < 1.29 is 22.7 Å². The minimum atomic E-state index is -4.00. The lowest BCUT2D eigenvalue weighted by molar-refractivity contribution is 0.0602. The largest absolute Gasteiger partial charge is 0.494 e. The Labute approximate surface area is 173 Å². The summed E-state index contributed by atoms with van der Waals surface area (Å²) in [7, 11) is -1.34. The molecule has 3 rings (SSSR count). The predicted octanol–water partition coefficient (Wildman–Crippen LogP) is 3.96. The highest BCUT2D eigenvalue weighted by Crippen LogP contribution is 2.32. The molecule has 0 saturated carbocycles. The van der Waals surface area contributed by atoms with Crippen LogP contribution in [0.4, 0.5) is 11.4 Å². The van der Waals surface area contributed by atoms with E-state index >= 15 is 0 Å². The number of nitrogens with one attached hydrogen (secondary N) is 2. The maximum Gasteiger partial charge on any atom is 0.349 e. The molecule has 29 heavy (non-hydrogen) atoms. The van der Waals surface area contributed by atoms with Gasteiger partial charge in [-0.2, -0.15) is 0 Å². The summed E-state index contributed by atoms with van der Waals surface area (Å²) in [5.41, 5.74) is 2.16. The van der Waals surface area contributed by atoms with Crippen molar-refractivity contribution in [2.75, 3.05) is 24.3 Å². The first kappa shape index (κ1) is 20.7. The first-order valence-electron chi connectivity index (χ1n) is 8.59. The Balaban J connectivity index is 1.80. The van der Waals surface area contributed by atoms with Gasteiger partial charge in [-0.1, -0.05) is 30.3 Å². The van der Waals surface area contributed by atoms with Gasteiger partial charge in [0.15, 0.2) is 0 Å². The van der Waals surface area contributed by atoms with Gasteiger partial charge in [0.25, 0.3) is 10.0 Å². The third kappa shape index (κ3) is 4.87. The first-order chi connectivity index (χ1) is 13.9.